The Kier molecular flexibility index (Phi) is 5.33. The van der Waals surface area contributed by atoms with Gasteiger partial charge in [0, 0.05) is 18.4 Å². The molecule has 0 fully saturated rings. The minimum atomic E-state index is -0.487. The lowest BCUT2D eigenvalue weighted by atomic mass is 10.3. The van der Waals surface area contributed by atoms with Crippen molar-refractivity contribution in [3.63, 3.8) is 0 Å². The van der Waals surface area contributed by atoms with Crippen LogP contribution in [0.15, 0.2) is 47.4 Å². The van der Waals surface area contributed by atoms with Crippen molar-refractivity contribution >= 4 is 17.6 Å². The summed E-state index contributed by atoms with van der Waals surface area (Å²) >= 11 is 0. The van der Waals surface area contributed by atoms with Gasteiger partial charge in [-0.05, 0) is 24.6 Å². The molecule has 0 saturated heterocycles. The molecule has 7 nitrogen and oxygen atoms in total. The van der Waals surface area contributed by atoms with E-state index in [0.717, 1.165) is 0 Å². The lowest BCUT2D eigenvalue weighted by Crippen LogP contribution is -2.17. The van der Waals surface area contributed by atoms with E-state index < -0.39 is 11.8 Å². The van der Waals surface area contributed by atoms with E-state index >= 15 is 0 Å². The lowest BCUT2D eigenvalue weighted by Gasteiger charge is -2.08. The first kappa shape index (κ1) is 14.6. The van der Waals surface area contributed by atoms with E-state index in [9.17, 15) is 9.59 Å². The van der Waals surface area contributed by atoms with Crippen LogP contribution in [0.4, 0.5) is 16.3 Å². The van der Waals surface area contributed by atoms with Gasteiger partial charge in [-0.3, -0.25) is 10.3 Å². The third kappa shape index (κ3) is 5.35. The highest BCUT2D eigenvalue weighted by atomic mass is 16.5. The van der Waals surface area contributed by atoms with Gasteiger partial charge >= 0.3 is 11.8 Å². The smallest absolute Gasteiger partial charge is 0.411 e. The number of carbonyl (C=O) groups is 1. The number of anilines is 2. The number of aromatic amines is 1. The minimum absolute atomic E-state index is 0.279. The zero-order valence-corrected chi connectivity index (χ0v) is 11.3. The van der Waals surface area contributed by atoms with Crippen molar-refractivity contribution in [3.05, 3.63) is 53.1 Å². The molecule has 1 aromatic carbocycles. The van der Waals surface area contributed by atoms with Gasteiger partial charge in [0.05, 0.1) is 6.61 Å². The second-order valence-electron chi connectivity index (χ2n) is 4.20. The first-order valence-corrected chi connectivity index (χ1v) is 6.52. The highest BCUT2D eigenvalue weighted by Crippen LogP contribution is 2.05. The summed E-state index contributed by atoms with van der Waals surface area (Å²) < 4.78 is 5.03. The number of amides is 1. The van der Waals surface area contributed by atoms with Gasteiger partial charge in [-0.1, -0.05) is 18.2 Å². The zero-order valence-electron chi connectivity index (χ0n) is 11.3. The zero-order chi connectivity index (χ0) is 14.9. The predicted molar refractivity (Wildman–Crippen MR) is 79.4 cm³/mol. The molecule has 0 unspecified atom stereocenters. The molecule has 0 aliphatic carbocycles. The van der Waals surface area contributed by atoms with E-state index in [4.69, 9.17) is 4.74 Å². The fourth-order valence-corrected chi connectivity index (χ4v) is 1.61. The van der Waals surface area contributed by atoms with E-state index in [-0.39, 0.29) is 6.61 Å². The molecule has 21 heavy (non-hydrogen) atoms. The molecule has 110 valence electrons. The summed E-state index contributed by atoms with van der Waals surface area (Å²) in [6.45, 7) is 0.847. The predicted octanol–water partition coefficient (Wildman–Crippen LogP) is 1.82. The molecule has 0 saturated carbocycles. The van der Waals surface area contributed by atoms with Crippen LogP contribution in [0.3, 0.4) is 0 Å². The summed E-state index contributed by atoms with van der Waals surface area (Å²) in [7, 11) is 0. The van der Waals surface area contributed by atoms with Crippen LogP contribution in [-0.2, 0) is 4.74 Å². The summed E-state index contributed by atoms with van der Waals surface area (Å²) in [5.41, 5.74) is 0.286. The van der Waals surface area contributed by atoms with Crippen molar-refractivity contribution in [1.29, 1.82) is 0 Å². The van der Waals surface area contributed by atoms with Gasteiger partial charge in [0.25, 0.3) is 0 Å². The normalized spacial score (nSPS) is 9.90. The standard InChI is InChI=1S/C14H16N4O3/c19-13-16-9-7-12(18-13)15-8-4-10-21-14(20)17-11-5-2-1-3-6-11/h1-3,5-7,9H,4,8,10H2,(H,17,20)(H2,15,16,18,19). The minimum Gasteiger partial charge on any atom is -0.449 e. The highest BCUT2D eigenvalue weighted by Gasteiger charge is 2.02. The number of aromatic nitrogens is 2. The lowest BCUT2D eigenvalue weighted by molar-refractivity contribution is 0.161. The molecule has 0 bridgehead atoms. The number of ether oxygens (including phenoxy) is 1. The average molecular weight is 288 g/mol. The topological polar surface area (TPSA) is 96.1 Å². The third-order valence-electron chi connectivity index (χ3n) is 2.56. The van der Waals surface area contributed by atoms with Crippen molar-refractivity contribution in [2.24, 2.45) is 0 Å². The molecule has 2 rings (SSSR count). The van der Waals surface area contributed by atoms with Crippen LogP contribution in [0.1, 0.15) is 6.42 Å². The summed E-state index contributed by atoms with van der Waals surface area (Å²) in [5, 5.41) is 5.62. The van der Waals surface area contributed by atoms with Gasteiger partial charge in [0.1, 0.15) is 5.82 Å². The van der Waals surface area contributed by atoms with E-state index in [1.54, 1.807) is 18.2 Å². The highest BCUT2D eigenvalue weighted by molar-refractivity contribution is 5.84. The van der Waals surface area contributed by atoms with Gasteiger partial charge < -0.3 is 10.1 Å². The Morgan fingerprint density at radius 3 is 2.81 bits per heavy atom. The summed E-state index contributed by atoms with van der Waals surface area (Å²) in [6.07, 6.45) is 1.55. The van der Waals surface area contributed by atoms with Crippen LogP contribution in [0.5, 0.6) is 0 Å². The van der Waals surface area contributed by atoms with Gasteiger partial charge in [-0.15, -0.1) is 0 Å². The Balaban J connectivity index is 1.61. The number of hydrogen-bond donors (Lipinski definition) is 3. The Morgan fingerprint density at radius 2 is 2.05 bits per heavy atom. The first-order chi connectivity index (χ1) is 10.2. The number of rotatable bonds is 6. The van der Waals surface area contributed by atoms with E-state index in [1.807, 2.05) is 18.2 Å². The molecule has 1 aromatic heterocycles. The maximum absolute atomic E-state index is 11.5. The van der Waals surface area contributed by atoms with Gasteiger partial charge in [0.15, 0.2) is 0 Å². The third-order valence-corrected chi connectivity index (χ3v) is 2.56. The number of benzene rings is 1. The molecule has 1 amide bonds. The van der Waals surface area contributed by atoms with E-state index in [0.29, 0.717) is 24.5 Å². The monoisotopic (exact) mass is 288 g/mol. The number of carbonyl (C=O) groups excluding carboxylic acids is 1. The number of H-pyrrole nitrogens is 1. The van der Waals surface area contributed by atoms with Crippen LogP contribution in [0.2, 0.25) is 0 Å². The quantitative estimate of drug-likeness (QED) is 0.705. The second kappa shape index (κ2) is 7.68. The molecule has 1 heterocycles. The number of nitrogens with one attached hydrogen (secondary N) is 3. The molecule has 2 aromatic rings. The fraction of sp³-hybridized carbons (Fsp3) is 0.214. The van der Waals surface area contributed by atoms with Crippen LogP contribution in [0, 0.1) is 0 Å². The molecular weight excluding hydrogens is 272 g/mol. The van der Waals surface area contributed by atoms with Crippen molar-refractivity contribution in [1.82, 2.24) is 9.97 Å². The Hall–Kier alpha value is -2.83. The molecule has 0 radical (unpaired) electrons. The number of nitrogens with zero attached hydrogens (tertiary/aromatic N) is 1. The van der Waals surface area contributed by atoms with Gasteiger partial charge in [-0.2, -0.15) is 0 Å². The molecule has 3 N–H and O–H groups in total. The first-order valence-electron chi connectivity index (χ1n) is 6.52. The molecule has 7 heteroatoms. The Labute approximate surface area is 121 Å². The van der Waals surface area contributed by atoms with Crippen molar-refractivity contribution < 1.29 is 9.53 Å². The van der Waals surface area contributed by atoms with E-state index in [1.165, 1.54) is 6.20 Å². The fourth-order valence-electron chi connectivity index (χ4n) is 1.61. The summed E-state index contributed by atoms with van der Waals surface area (Å²) in [4.78, 5) is 28.5. The maximum Gasteiger partial charge on any atom is 0.411 e. The average Bonchev–Trinajstić information content (AvgIpc) is 2.48. The summed E-state index contributed by atoms with van der Waals surface area (Å²) in [6, 6.07) is 10.7. The largest absolute Gasteiger partial charge is 0.449 e. The van der Waals surface area contributed by atoms with Crippen LogP contribution < -0.4 is 16.3 Å². The van der Waals surface area contributed by atoms with Crippen LogP contribution in [0.25, 0.3) is 0 Å². The van der Waals surface area contributed by atoms with Gasteiger partial charge in [0.2, 0.25) is 0 Å². The van der Waals surface area contributed by atoms with E-state index in [2.05, 4.69) is 20.6 Å². The molecule has 0 aliphatic heterocycles. The summed E-state index contributed by atoms with van der Waals surface area (Å²) in [5.74, 6) is 0.587. The van der Waals surface area contributed by atoms with Crippen LogP contribution in [-0.4, -0.2) is 29.2 Å². The second-order valence-corrected chi connectivity index (χ2v) is 4.20. The Bertz CT molecular complexity index is 627. The van der Waals surface area contributed by atoms with Crippen molar-refractivity contribution in [3.8, 4) is 0 Å². The Morgan fingerprint density at radius 1 is 1.24 bits per heavy atom. The molecule has 0 spiro atoms. The molecular formula is C14H16N4O3. The maximum atomic E-state index is 11.5. The van der Waals surface area contributed by atoms with Crippen LogP contribution >= 0.6 is 0 Å². The van der Waals surface area contributed by atoms with Gasteiger partial charge in [-0.25, -0.2) is 14.6 Å². The number of hydrogen-bond acceptors (Lipinski definition) is 5. The molecule has 0 atom stereocenters. The molecule has 0 aliphatic rings. The van der Waals surface area contributed by atoms with Crippen molar-refractivity contribution in [2.45, 2.75) is 6.42 Å². The SMILES string of the molecule is O=C(Nc1ccccc1)OCCCNc1ccnc(=O)[nH]1. The number of para-hydroxylation sites is 1. The van der Waals surface area contributed by atoms with Crippen molar-refractivity contribution in [2.75, 3.05) is 23.8 Å².